The average molecular weight is 296 g/mol. The van der Waals surface area contributed by atoms with Crippen LogP contribution in [-0.2, 0) is 26.1 Å². The molecule has 1 fully saturated rings. The highest BCUT2D eigenvalue weighted by Crippen LogP contribution is 2.36. The van der Waals surface area contributed by atoms with E-state index in [9.17, 15) is 4.21 Å². The van der Waals surface area contributed by atoms with Gasteiger partial charge in [-0.2, -0.15) is 0 Å². The van der Waals surface area contributed by atoms with E-state index in [4.69, 9.17) is 13.9 Å². The van der Waals surface area contributed by atoms with Crippen LogP contribution in [0.4, 0.5) is 0 Å². The van der Waals surface area contributed by atoms with Gasteiger partial charge in [0.15, 0.2) is 11.1 Å². The van der Waals surface area contributed by atoms with Crippen molar-refractivity contribution in [3.05, 3.63) is 29.3 Å². The van der Waals surface area contributed by atoms with Crippen LogP contribution < -0.4 is 5.46 Å². The molecule has 1 aromatic rings. The van der Waals surface area contributed by atoms with Gasteiger partial charge in [-0.15, -0.1) is 0 Å². The molecule has 6 heteroatoms. The summed E-state index contributed by atoms with van der Waals surface area (Å²) in [6, 6.07) is 5.77. The second-order valence-corrected chi connectivity index (χ2v) is 7.17. The molecule has 1 heterocycles. The lowest BCUT2D eigenvalue weighted by Crippen LogP contribution is -2.41. The number of benzene rings is 1. The van der Waals surface area contributed by atoms with Crippen LogP contribution in [0.15, 0.2) is 18.2 Å². The van der Waals surface area contributed by atoms with Crippen molar-refractivity contribution in [1.82, 2.24) is 0 Å². The van der Waals surface area contributed by atoms with E-state index >= 15 is 0 Å². The molecular formula is C14H21BO4S. The smallest absolute Gasteiger partial charge is 0.399 e. The molecule has 0 bridgehead atoms. The van der Waals surface area contributed by atoms with Crippen molar-refractivity contribution in [3.63, 3.8) is 0 Å². The van der Waals surface area contributed by atoms with Crippen LogP contribution in [0, 0.1) is 6.92 Å². The molecule has 1 aromatic carbocycles. The van der Waals surface area contributed by atoms with Crippen molar-refractivity contribution in [3.8, 4) is 0 Å². The minimum Gasteiger partial charge on any atom is -0.399 e. The first-order chi connectivity index (χ1) is 9.12. The Morgan fingerprint density at radius 3 is 2.25 bits per heavy atom. The molecule has 20 heavy (non-hydrogen) atoms. The second kappa shape index (κ2) is 5.26. The Morgan fingerprint density at radius 2 is 1.75 bits per heavy atom. The van der Waals surface area contributed by atoms with E-state index in [1.165, 1.54) is 0 Å². The van der Waals surface area contributed by atoms with Gasteiger partial charge in [0.05, 0.1) is 17.0 Å². The fourth-order valence-corrected chi connectivity index (χ4v) is 2.68. The zero-order valence-corrected chi connectivity index (χ0v) is 13.4. The largest absolute Gasteiger partial charge is 0.494 e. The maximum atomic E-state index is 11.0. The third-order valence-corrected chi connectivity index (χ3v) is 4.74. The van der Waals surface area contributed by atoms with Crippen LogP contribution in [0.3, 0.4) is 0 Å². The molecule has 1 saturated heterocycles. The first-order valence-corrected chi connectivity index (χ1v) is 7.92. The van der Waals surface area contributed by atoms with Crippen LogP contribution in [0.25, 0.3) is 0 Å². The summed E-state index contributed by atoms with van der Waals surface area (Å²) in [4.78, 5) is 0. The standard InChI is InChI=1S/C14H21BO4S/c1-10-6-7-12(8-11(10)9-20(16)17)15-18-13(2,3)14(4,5)19-15/h6-8H,9H2,1-5H3,(H,16,17). The summed E-state index contributed by atoms with van der Waals surface area (Å²) in [5, 5.41) is 0. The molecule has 0 saturated carbocycles. The fourth-order valence-electron chi connectivity index (χ4n) is 2.11. The first-order valence-electron chi connectivity index (χ1n) is 6.65. The number of hydrogen-bond acceptors (Lipinski definition) is 3. The highest BCUT2D eigenvalue weighted by Gasteiger charge is 2.51. The van der Waals surface area contributed by atoms with Gasteiger partial charge in [-0.05, 0) is 51.2 Å². The molecule has 1 N–H and O–H groups in total. The van der Waals surface area contributed by atoms with E-state index in [2.05, 4.69) is 0 Å². The summed E-state index contributed by atoms with van der Waals surface area (Å²) in [5.41, 5.74) is 1.95. The molecule has 0 aliphatic carbocycles. The van der Waals surface area contributed by atoms with Crippen molar-refractivity contribution in [2.75, 3.05) is 0 Å². The summed E-state index contributed by atoms with van der Waals surface area (Å²) in [7, 11) is -0.438. The summed E-state index contributed by atoms with van der Waals surface area (Å²) in [5.74, 6) is 0.124. The molecule has 0 aromatic heterocycles. The third-order valence-electron chi connectivity index (χ3n) is 4.18. The number of hydrogen-bond donors (Lipinski definition) is 1. The van der Waals surface area contributed by atoms with E-state index < -0.39 is 18.2 Å². The molecule has 1 aliphatic rings. The molecular weight excluding hydrogens is 275 g/mol. The molecule has 0 radical (unpaired) electrons. The van der Waals surface area contributed by atoms with Gasteiger partial charge in [0.25, 0.3) is 0 Å². The lowest BCUT2D eigenvalue weighted by Gasteiger charge is -2.32. The Labute approximate surface area is 123 Å². The monoisotopic (exact) mass is 296 g/mol. The van der Waals surface area contributed by atoms with E-state index in [-0.39, 0.29) is 17.0 Å². The van der Waals surface area contributed by atoms with Crippen molar-refractivity contribution >= 4 is 23.7 Å². The Bertz CT molecular complexity index is 526. The van der Waals surface area contributed by atoms with Gasteiger partial charge in [0, 0.05) is 0 Å². The first kappa shape index (κ1) is 15.7. The van der Waals surface area contributed by atoms with Crippen LogP contribution in [0.5, 0.6) is 0 Å². The Kier molecular flexibility index (Phi) is 4.13. The fraction of sp³-hybridized carbons (Fsp3) is 0.571. The van der Waals surface area contributed by atoms with E-state index in [0.717, 1.165) is 16.6 Å². The highest BCUT2D eigenvalue weighted by molar-refractivity contribution is 7.78. The number of aryl methyl sites for hydroxylation is 1. The van der Waals surface area contributed by atoms with Crippen LogP contribution in [0.1, 0.15) is 38.8 Å². The van der Waals surface area contributed by atoms with E-state index in [1.54, 1.807) is 0 Å². The van der Waals surface area contributed by atoms with Gasteiger partial charge in [-0.1, -0.05) is 18.2 Å². The Morgan fingerprint density at radius 1 is 1.20 bits per heavy atom. The van der Waals surface area contributed by atoms with Crippen LogP contribution >= 0.6 is 0 Å². The molecule has 4 nitrogen and oxygen atoms in total. The van der Waals surface area contributed by atoms with Gasteiger partial charge in [0.1, 0.15) is 0 Å². The van der Waals surface area contributed by atoms with Crippen LogP contribution in [-0.4, -0.2) is 27.1 Å². The SMILES string of the molecule is Cc1ccc(B2OC(C)(C)C(C)(C)O2)cc1CS(=O)O. The molecule has 1 atom stereocenters. The molecule has 1 unspecified atom stereocenters. The van der Waals surface area contributed by atoms with Crippen LogP contribution in [0.2, 0.25) is 0 Å². The highest BCUT2D eigenvalue weighted by atomic mass is 32.2. The number of rotatable bonds is 3. The van der Waals surface area contributed by atoms with Gasteiger partial charge in [-0.3, -0.25) is 0 Å². The van der Waals surface area contributed by atoms with Crippen molar-refractivity contribution in [1.29, 1.82) is 0 Å². The predicted octanol–water partition coefficient (Wildman–Crippen LogP) is 2.02. The zero-order valence-electron chi connectivity index (χ0n) is 12.6. The second-order valence-electron chi connectivity index (χ2n) is 6.24. The zero-order chi connectivity index (χ0) is 15.1. The van der Waals surface area contributed by atoms with Gasteiger partial charge in [-0.25, -0.2) is 4.21 Å². The normalized spacial score (nSPS) is 22.0. The van der Waals surface area contributed by atoms with Crippen molar-refractivity contribution in [2.24, 2.45) is 0 Å². The minimum atomic E-state index is -1.85. The van der Waals surface area contributed by atoms with Gasteiger partial charge in [0.2, 0.25) is 0 Å². The minimum absolute atomic E-state index is 0.124. The Balaban J connectivity index is 2.29. The molecule has 1 aliphatic heterocycles. The molecule has 0 spiro atoms. The average Bonchev–Trinajstić information content (AvgIpc) is 2.50. The summed E-state index contributed by atoms with van der Waals surface area (Å²) in [6.07, 6.45) is 0. The van der Waals surface area contributed by atoms with E-state index in [0.29, 0.717) is 0 Å². The Hall–Kier alpha value is -0.685. The quantitative estimate of drug-likeness (QED) is 0.685. The lowest BCUT2D eigenvalue weighted by atomic mass is 9.78. The molecule has 0 amide bonds. The third kappa shape index (κ3) is 2.98. The predicted molar refractivity (Wildman–Crippen MR) is 81.4 cm³/mol. The summed E-state index contributed by atoms with van der Waals surface area (Å²) < 4.78 is 32.0. The summed E-state index contributed by atoms with van der Waals surface area (Å²) in [6.45, 7) is 9.95. The maximum absolute atomic E-state index is 11.0. The van der Waals surface area contributed by atoms with E-state index in [1.807, 2.05) is 52.8 Å². The maximum Gasteiger partial charge on any atom is 0.494 e. The topological polar surface area (TPSA) is 55.8 Å². The van der Waals surface area contributed by atoms with Gasteiger partial charge >= 0.3 is 7.12 Å². The van der Waals surface area contributed by atoms with Crippen molar-refractivity contribution in [2.45, 2.75) is 51.6 Å². The summed E-state index contributed by atoms with van der Waals surface area (Å²) >= 11 is -1.85. The molecule has 2 rings (SSSR count). The lowest BCUT2D eigenvalue weighted by molar-refractivity contribution is 0.00578. The molecule has 110 valence electrons. The van der Waals surface area contributed by atoms with Gasteiger partial charge < -0.3 is 13.9 Å². The van der Waals surface area contributed by atoms with Crippen molar-refractivity contribution < 1.29 is 18.1 Å².